The molecule has 1 aromatic rings. The van der Waals surface area contributed by atoms with Gasteiger partial charge in [0.25, 0.3) is 5.91 Å². The van der Waals surface area contributed by atoms with Crippen LogP contribution in [0.2, 0.25) is 0 Å². The fraction of sp³-hybridized carbons (Fsp3) is 0.500. The molecule has 1 atom stereocenters. The fourth-order valence-electron chi connectivity index (χ4n) is 2.52. The lowest BCUT2D eigenvalue weighted by molar-refractivity contribution is -0.139. The van der Waals surface area contributed by atoms with Crippen LogP contribution < -0.4 is 5.32 Å². The highest BCUT2D eigenvalue weighted by Crippen LogP contribution is 2.34. The SMILES string of the molecule is COC(=O)c1scc(C)c1NC1CC(=O)N(C2CC2)C1=O. The molecule has 1 aliphatic carbocycles. The second-order valence-electron chi connectivity index (χ2n) is 5.35. The molecule has 1 aliphatic heterocycles. The monoisotopic (exact) mass is 308 g/mol. The van der Waals surface area contributed by atoms with Crippen LogP contribution in [-0.2, 0) is 14.3 Å². The number of amides is 2. The zero-order valence-corrected chi connectivity index (χ0v) is 12.7. The van der Waals surface area contributed by atoms with Gasteiger partial charge >= 0.3 is 5.97 Å². The normalized spacial score (nSPS) is 21.8. The average Bonchev–Trinajstić information content (AvgIpc) is 3.16. The van der Waals surface area contributed by atoms with E-state index in [1.807, 2.05) is 12.3 Å². The molecule has 2 amide bonds. The number of esters is 1. The molecular formula is C14H16N2O4S. The summed E-state index contributed by atoms with van der Waals surface area (Å²) < 4.78 is 4.74. The van der Waals surface area contributed by atoms with Crippen molar-refractivity contribution in [3.05, 3.63) is 15.8 Å². The zero-order valence-electron chi connectivity index (χ0n) is 11.8. The number of aryl methyl sites for hydroxylation is 1. The van der Waals surface area contributed by atoms with Crippen LogP contribution in [0.3, 0.4) is 0 Å². The first-order valence-corrected chi connectivity index (χ1v) is 7.69. The van der Waals surface area contributed by atoms with Gasteiger partial charge < -0.3 is 10.1 Å². The van der Waals surface area contributed by atoms with Crippen LogP contribution >= 0.6 is 11.3 Å². The molecule has 112 valence electrons. The van der Waals surface area contributed by atoms with E-state index >= 15 is 0 Å². The van der Waals surface area contributed by atoms with Gasteiger partial charge in [0.2, 0.25) is 5.91 Å². The van der Waals surface area contributed by atoms with Crippen molar-refractivity contribution in [2.75, 3.05) is 12.4 Å². The Balaban J connectivity index is 1.81. The Hall–Kier alpha value is -1.89. The number of anilines is 1. The van der Waals surface area contributed by atoms with E-state index in [4.69, 9.17) is 4.74 Å². The van der Waals surface area contributed by atoms with Crippen molar-refractivity contribution in [2.24, 2.45) is 0 Å². The number of methoxy groups -OCH3 is 1. The molecule has 1 saturated heterocycles. The Morgan fingerprint density at radius 3 is 2.76 bits per heavy atom. The van der Waals surface area contributed by atoms with Gasteiger partial charge in [-0.25, -0.2) is 4.79 Å². The van der Waals surface area contributed by atoms with Crippen molar-refractivity contribution >= 4 is 34.8 Å². The van der Waals surface area contributed by atoms with Gasteiger partial charge in [-0.1, -0.05) is 0 Å². The number of hydrogen-bond donors (Lipinski definition) is 1. The van der Waals surface area contributed by atoms with Gasteiger partial charge in [0, 0.05) is 6.04 Å². The van der Waals surface area contributed by atoms with Crippen LogP contribution in [0.4, 0.5) is 5.69 Å². The van der Waals surface area contributed by atoms with Crippen molar-refractivity contribution in [1.82, 2.24) is 4.90 Å². The molecule has 1 unspecified atom stereocenters. The summed E-state index contributed by atoms with van der Waals surface area (Å²) >= 11 is 1.27. The molecule has 1 aromatic heterocycles. The number of imide groups is 1. The van der Waals surface area contributed by atoms with E-state index in [1.165, 1.54) is 23.3 Å². The summed E-state index contributed by atoms with van der Waals surface area (Å²) in [5, 5.41) is 4.89. The van der Waals surface area contributed by atoms with Crippen molar-refractivity contribution in [2.45, 2.75) is 38.3 Å². The van der Waals surface area contributed by atoms with Crippen LogP contribution in [0, 0.1) is 6.92 Å². The average molecular weight is 308 g/mol. The van der Waals surface area contributed by atoms with Gasteiger partial charge in [0.15, 0.2) is 0 Å². The van der Waals surface area contributed by atoms with Gasteiger partial charge in [0.05, 0.1) is 19.2 Å². The third-order valence-corrected chi connectivity index (χ3v) is 4.84. The minimum Gasteiger partial charge on any atom is -0.465 e. The van der Waals surface area contributed by atoms with Crippen molar-refractivity contribution in [3.8, 4) is 0 Å². The van der Waals surface area contributed by atoms with E-state index in [-0.39, 0.29) is 24.3 Å². The Morgan fingerprint density at radius 2 is 2.14 bits per heavy atom. The molecule has 21 heavy (non-hydrogen) atoms. The van der Waals surface area contributed by atoms with Crippen molar-refractivity contribution < 1.29 is 19.1 Å². The van der Waals surface area contributed by atoms with Gasteiger partial charge in [-0.2, -0.15) is 0 Å². The highest BCUT2D eigenvalue weighted by Gasteiger charge is 2.46. The summed E-state index contributed by atoms with van der Waals surface area (Å²) in [5.74, 6) is -0.761. The first kappa shape index (κ1) is 14.1. The molecule has 3 rings (SSSR count). The first-order valence-electron chi connectivity index (χ1n) is 6.81. The number of likely N-dealkylation sites (tertiary alicyclic amines) is 1. The summed E-state index contributed by atoms with van der Waals surface area (Å²) in [4.78, 5) is 37.8. The lowest BCUT2D eigenvalue weighted by Gasteiger charge is -2.15. The fourth-order valence-corrected chi connectivity index (χ4v) is 3.45. The molecule has 0 radical (unpaired) electrons. The standard InChI is InChI=1S/C14H16N2O4S/c1-7-6-21-12(14(19)20-2)11(7)15-9-5-10(17)16(13(9)18)8-3-4-8/h6,8-9,15H,3-5H2,1-2H3. The molecule has 2 aliphatic rings. The second kappa shape index (κ2) is 5.14. The molecule has 1 saturated carbocycles. The predicted molar refractivity (Wildman–Crippen MR) is 77.3 cm³/mol. The van der Waals surface area contributed by atoms with Crippen molar-refractivity contribution in [3.63, 3.8) is 0 Å². The maximum Gasteiger partial charge on any atom is 0.350 e. The third-order valence-electron chi connectivity index (χ3n) is 3.76. The largest absolute Gasteiger partial charge is 0.465 e. The van der Waals surface area contributed by atoms with Gasteiger partial charge in [-0.3, -0.25) is 14.5 Å². The Labute approximate surface area is 126 Å². The molecule has 2 heterocycles. The van der Waals surface area contributed by atoms with Crippen LogP contribution in [0.1, 0.15) is 34.5 Å². The highest BCUT2D eigenvalue weighted by atomic mass is 32.1. The summed E-state index contributed by atoms with van der Waals surface area (Å²) in [6.45, 7) is 1.85. The van der Waals surface area contributed by atoms with E-state index in [2.05, 4.69) is 5.32 Å². The second-order valence-corrected chi connectivity index (χ2v) is 6.23. The number of nitrogens with zero attached hydrogens (tertiary/aromatic N) is 1. The summed E-state index contributed by atoms with van der Waals surface area (Å²) in [5.41, 5.74) is 1.46. The smallest absolute Gasteiger partial charge is 0.350 e. The first-order chi connectivity index (χ1) is 10.0. The van der Waals surface area contributed by atoms with E-state index < -0.39 is 12.0 Å². The molecule has 0 aromatic carbocycles. The molecule has 0 spiro atoms. The molecule has 6 nitrogen and oxygen atoms in total. The summed E-state index contributed by atoms with van der Waals surface area (Å²) in [6, 6.07) is -0.504. The Morgan fingerprint density at radius 1 is 1.43 bits per heavy atom. The lowest BCUT2D eigenvalue weighted by atomic mass is 10.2. The molecule has 2 fully saturated rings. The third kappa shape index (κ3) is 2.42. The van der Waals surface area contributed by atoms with Gasteiger partial charge in [-0.05, 0) is 30.7 Å². The van der Waals surface area contributed by atoms with E-state index in [1.54, 1.807) is 0 Å². The van der Waals surface area contributed by atoms with Crippen LogP contribution in [0.15, 0.2) is 5.38 Å². The van der Waals surface area contributed by atoms with Crippen LogP contribution in [0.25, 0.3) is 0 Å². The van der Waals surface area contributed by atoms with Crippen LogP contribution in [-0.4, -0.2) is 41.9 Å². The molecule has 0 bridgehead atoms. The maximum absolute atomic E-state index is 12.3. The topological polar surface area (TPSA) is 75.7 Å². The number of carbonyl (C=O) groups excluding carboxylic acids is 3. The number of ether oxygens (including phenoxy) is 1. The summed E-state index contributed by atoms with van der Waals surface area (Å²) in [7, 11) is 1.32. The Bertz CT molecular complexity index is 620. The number of thiophene rings is 1. The lowest BCUT2D eigenvalue weighted by Crippen LogP contribution is -2.36. The number of nitrogens with one attached hydrogen (secondary N) is 1. The molecular weight excluding hydrogens is 292 g/mol. The quantitative estimate of drug-likeness (QED) is 0.674. The number of carbonyl (C=O) groups is 3. The van der Waals surface area contributed by atoms with Crippen molar-refractivity contribution in [1.29, 1.82) is 0 Å². The molecule has 7 heteroatoms. The van der Waals surface area contributed by atoms with E-state index in [0.717, 1.165) is 18.4 Å². The molecule has 1 N–H and O–H groups in total. The minimum absolute atomic E-state index is 0.0837. The van der Waals surface area contributed by atoms with E-state index in [9.17, 15) is 14.4 Å². The van der Waals surface area contributed by atoms with Gasteiger partial charge in [0.1, 0.15) is 10.9 Å². The maximum atomic E-state index is 12.3. The number of hydrogen-bond acceptors (Lipinski definition) is 6. The minimum atomic E-state index is -0.588. The predicted octanol–water partition coefficient (Wildman–Crippen LogP) is 1.54. The van der Waals surface area contributed by atoms with E-state index in [0.29, 0.717) is 10.6 Å². The van der Waals surface area contributed by atoms with Gasteiger partial charge in [-0.15, -0.1) is 11.3 Å². The summed E-state index contributed by atoms with van der Waals surface area (Å²) in [6.07, 6.45) is 1.94. The Kier molecular flexibility index (Phi) is 3.44. The van der Waals surface area contributed by atoms with Crippen LogP contribution in [0.5, 0.6) is 0 Å². The highest BCUT2D eigenvalue weighted by molar-refractivity contribution is 7.12. The zero-order chi connectivity index (χ0) is 15.1. The number of rotatable bonds is 4.